The van der Waals surface area contributed by atoms with Crippen molar-refractivity contribution in [3.05, 3.63) is 54.2 Å². The first-order valence-electron chi connectivity index (χ1n) is 7.81. The molecule has 5 heteroatoms. The van der Waals surface area contributed by atoms with Gasteiger partial charge in [-0.1, -0.05) is 12.1 Å². The number of rotatable bonds is 4. The van der Waals surface area contributed by atoms with Gasteiger partial charge in [-0.25, -0.2) is 9.37 Å². The Balaban J connectivity index is 1.62. The number of pyridine rings is 1. The maximum Gasteiger partial charge on any atom is 0.230 e. The second-order valence-corrected chi connectivity index (χ2v) is 5.76. The van der Waals surface area contributed by atoms with Crippen molar-refractivity contribution in [3.8, 4) is 11.6 Å². The van der Waals surface area contributed by atoms with Crippen LogP contribution in [0.2, 0.25) is 0 Å². The van der Waals surface area contributed by atoms with Crippen LogP contribution in [0.15, 0.2) is 47.2 Å². The van der Waals surface area contributed by atoms with Gasteiger partial charge < -0.3 is 9.15 Å². The first kappa shape index (κ1) is 14.2. The van der Waals surface area contributed by atoms with Crippen molar-refractivity contribution in [2.24, 2.45) is 0 Å². The standard InChI is InChI=1S/C18H17FN2O2/c19-17-13(12-21-9-1-2-10-21)4-3-5-16(17)23-18-14-7-11-22-15(14)6-8-20-18/h3-8,11H,1-2,9-10,12H2. The summed E-state index contributed by atoms with van der Waals surface area (Å²) in [7, 11) is 0. The van der Waals surface area contributed by atoms with Crippen LogP contribution in [0.4, 0.5) is 4.39 Å². The third-order valence-electron chi connectivity index (χ3n) is 4.19. The van der Waals surface area contributed by atoms with Gasteiger partial charge in [-0.2, -0.15) is 0 Å². The highest BCUT2D eigenvalue weighted by atomic mass is 19.1. The van der Waals surface area contributed by atoms with Crippen LogP contribution in [-0.4, -0.2) is 23.0 Å². The van der Waals surface area contributed by atoms with E-state index in [9.17, 15) is 4.39 Å². The number of aromatic nitrogens is 1. The molecule has 0 aliphatic carbocycles. The van der Waals surface area contributed by atoms with Gasteiger partial charge in [0.2, 0.25) is 5.88 Å². The lowest BCUT2D eigenvalue weighted by molar-refractivity contribution is 0.322. The summed E-state index contributed by atoms with van der Waals surface area (Å²) >= 11 is 0. The minimum Gasteiger partial charge on any atom is -0.464 e. The fourth-order valence-electron chi connectivity index (χ4n) is 2.99. The maximum absolute atomic E-state index is 14.7. The van der Waals surface area contributed by atoms with Gasteiger partial charge in [-0.05, 0) is 44.1 Å². The van der Waals surface area contributed by atoms with Crippen molar-refractivity contribution in [2.75, 3.05) is 13.1 Å². The van der Waals surface area contributed by atoms with Gasteiger partial charge in [0.25, 0.3) is 0 Å². The molecule has 3 heterocycles. The highest BCUT2D eigenvalue weighted by Gasteiger charge is 2.17. The molecule has 118 valence electrons. The number of fused-ring (bicyclic) bond motifs is 1. The number of halogens is 1. The highest BCUT2D eigenvalue weighted by molar-refractivity contribution is 5.82. The van der Waals surface area contributed by atoms with Crippen molar-refractivity contribution in [1.29, 1.82) is 0 Å². The molecule has 3 aromatic rings. The zero-order valence-corrected chi connectivity index (χ0v) is 12.7. The van der Waals surface area contributed by atoms with Crippen molar-refractivity contribution < 1.29 is 13.5 Å². The lowest BCUT2D eigenvalue weighted by Crippen LogP contribution is -2.19. The molecule has 0 bridgehead atoms. The molecule has 0 N–H and O–H groups in total. The molecule has 4 rings (SSSR count). The first-order valence-corrected chi connectivity index (χ1v) is 7.81. The molecule has 0 spiro atoms. The van der Waals surface area contributed by atoms with Crippen molar-refractivity contribution >= 4 is 11.0 Å². The predicted octanol–water partition coefficient (Wildman–Crippen LogP) is 4.36. The van der Waals surface area contributed by atoms with E-state index < -0.39 is 0 Å². The van der Waals surface area contributed by atoms with Gasteiger partial charge in [0.15, 0.2) is 11.6 Å². The lowest BCUT2D eigenvalue weighted by Gasteiger charge is -2.16. The second kappa shape index (κ2) is 6.01. The Hall–Kier alpha value is -2.40. The third-order valence-corrected chi connectivity index (χ3v) is 4.19. The van der Waals surface area contributed by atoms with E-state index in [1.807, 2.05) is 12.1 Å². The molecule has 1 saturated heterocycles. The molecule has 0 saturated carbocycles. The molecule has 1 aliphatic rings. The fraction of sp³-hybridized carbons (Fsp3) is 0.278. The van der Waals surface area contributed by atoms with Crippen LogP contribution < -0.4 is 4.74 Å². The minimum absolute atomic E-state index is 0.197. The van der Waals surface area contributed by atoms with E-state index in [1.54, 1.807) is 30.7 Å². The van der Waals surface area contributed by atoms with E-state index in [1.165, 1.54) is 12.8 Å². The van der Waals surface area contributed by atoms with Gasteiger partial charge in [-0.3, -0.25) is 4.90 Å². The van der Waals surface area contributed by atoms with Crippen molar-refractivity contribution in [2.45, 2.75) is 19.4 Å². The molecule has 4 nitrogen and oxygen atoms in total. The fourth-order valence-corrected chi connectivity index (χ4v) is 2.99. The van der Waals surface area contributed by atoms with Gasteiger partial charge in [0, 0.05) is 18.3 Å². The molecule has 0 atom stereocenters. The maximum atomic E-state index is 14.7. The Kier molecular flexibility index (Phi) is 3.71. The average molecular weight is 312 g/mol. The smallest absolute Gasteiger partial charge is 0.230 e. The Labute approximate surface area is 133 Å². The third kappa shape index (κ3) is 2.80. The number of hydrogen-bond acceptors (Lipinski definition) is 4. The minimum atomic E-state index is -0.318. The quantitative estimate of drug-likeness (QED) is 0.717. The molecule has 0 radical (unpaired) electrons. The van der Waals surface area contributed by atoms with E-state index in [-0.39, 0.29) is 11.6 Å². The van der Waals surface area contributed by atoms with E-state index >= 15 is 0 Å². The molecular formula is C18H17FN2O2. The van der Waals surface area contributed by atoms with E-state index in [2.05, 4.69) is 9.88 Å². The van der Waals surface area contributed by atoms with Crippen molar-refractivity contribution in [1.82, 2.24) is 9.88 Å². The normalized spacial score (nSPS) is 15.3. The Bertz CT molecular complexity index is 825. The Morgan fingerprint density at radius 2 is 2.04 bits per heavy atom. The predicted molar refractivity (Wildman–Crippen MR) is 85.0 cm³/mol. The summed E-state index contributed by atoms with van der Waals surface area (Å²) in [5, 5.41) is 0.733. The van der Waals surface area contributed by atoms with Gasteiger partial charge in [0.05, 0.1) is 11.6 Å². The summed E-state index contributed by atoms with van der Waals surface area (Å²) in [5.74, 6) is 0.234. The zero-order chi connectivity index (χ0) is 15.6. The Morgan fingerprint density at radius 3 is 2.91 bits per heavy atom. The molecule has 1 aromatic carbocycles. The van der Waals surface area contributed by atoms with Crippen LogP contribution in [0.1, 0.15) is 18.4 Å². The summed E-state index contributed by atoms with van der Waals surface area (Å²) < 4.78 is 25.8. The number of benzene rings is 1. The van der Waals surface area contributed by atoms with Gasteiger partial charge in [-0.15, -0.1) is 0 Å². The summed E-state index contributed by atoms with van der Waals surface area (Å²) in [6.07, 6.45) is 5.53. The van der Waals surface area contributed by atoms with Crippen LogP contribution in [0.25, 0.3) is 11.0 Å². The highest BCUT2D eigenvalue weighted by Crippen LogP contribution is 2.31. The SMILES string of the molecule is Fc1c(CN2CCCC2)cccc1Oc1nccc2occc12. The zero-order valence-electron chi connectivity index (χ0n) is 12.7. The van der Waals surface area contributed by atoms with E-state index in [0.29, 0.717) is 23.6 Å². The number of likely N-dealkylation sites (tertiary alicyclic amines) is 1. The molecular weight excluding hydrogens is 295 g/mol. The number of nitrogens with zero attached hydrogens (tertiary/aromatic N) is 2. The monoisotopic (exact) mass is 312 g/mol. The molecule has 0 unspecified atom stereocenters. The molecule has 0 amide bonds. The molecule has 1 fully saturated rings. The summed E-state index contributed by atoms with van der Waals surface area (Å²) in [5.41, 5.74) is 1.33. The van der Waals surface area contributed by atoms with Crippen LogP contribution in [0.5, 0.6) is 11.6 Å². The summed E-state index contributed by atoms with van der Waals surface area (Å²) in [6.45, 7) is 2.67. The van der Waals surface area contributed by atoms with Crippen LogP contribution in [0.3, 0.4) is 0 Å². The largest absolute Gasteiger partial charge is 0.464 e. The average Bonchev–Trinajstić information content (AvgIpc) is 3.23. The van der Waals surface area contributed by atoms with Crippen LogP contribution in [-0.2, 0) is 6.54 Å². The van der Waals surface area contributed by atoms with Crippen molar-refractivity contribution in [3.63, 3.8) is 0 Å². The second-order valence-electron chi connectivity index (χ2n) is 5.76. The molecule has 1 aliphatic heterocycles. The first-order chi connectivity index (χ1) is 11.3. The molecule has 2 aromatic heterocycles. The van der Waals surface area contributed by atoms with E-state index in [0.717, 1.165) is 18.5 Å². The van der Waals surface area contributed by atoms with Crippen LogP contribution >= 0.6 is 0 Å². The number of ether oxygens (including phenoxy) is 1. The lowest BCUT2D eigenvalue weighted by atomic mass is 10.2. The summed E-state index contributed by atoms with van der Waals surface area (Å²) in [4.78, 5) is 6.45. The van der Waals surface area contributed by atoms with E-state index in [4.69, 9.17) is 9.15 Å². The molecule has 23 heavy (non-hydrogen) atoms. The number of furan rings is 1. The van der Waals surface area contributed by atoms with Crippen LogP contribution in [0, 0.1) is 5.82 Å². The van der Waals surface area contributed by atoms with Gasteiger partial charge in [0.1, 0.15) is 5.58 Å². The Morgan fingerprint density at radius 1 is 1.17 bits per heavy atom. The number of hydrogen-bond donors (Lipinski definition) is 0. The van der Waals surface area contributed by atoms with Gasteiger partial charge >= 0.3 is 0 Å². The topological polar surface area (TPSA) is 38.5 Å². The summed E-state index contributed by atoms with van der Waals surface area (Å²) in [6, 6.07) is 8.78.